The van der Waals surface area contributed by atoms with Crippen molar-refractivity contribution in [1.82, 2.24) is 4.98 Å². The van der Waals surface area contributed by atoms with E-state index in [0.717, 1.165) is 17.9 Å². The van der Waals surface area contributed by atoms with Gasteiger partial charge in [-0.1, -0.05) is 12.8 Å². The first-order valence-electron chi connectivity index (χ1n) is 8.56. The number of pyridine rings is 1. The molecule has 1 saturated carbocycles. The lowest BCUT2D eigenvalue weighted by Gasteiger charge is -2.19. The molecule has 0 spiro atoms. The van der Waals surface area contributed by atoms with Crippen LogP contribution in [0, 0.1) is 0 Å². The maximum absolute atomic E-state index is 13.0. The quantitative estimate of drug-likeness (QED) is 0.777. The predicted octanol–water partition coefficient (Wildman–Crippen LogP) is 3.80. The van der Waals surface area contributed by atoms with Crippen molar-refractivity contribution in [2.75, 3.05) is 18.2 Å². The zero-order chi connectivity index (χ0) is 18.7. The molecular weight excluding hydrogens is 368 g/mol. The molecule has 1 amide bonds. The summed E-state index contributed by atoms with van der Waals surface area (Å²) >= 11 is 1.69. The number of thioether (sulfide) groups is 1. The zero-order valence-electron chi connectivity index (χ0n) is 14.9. The second kappa shape index (κ2) is 7.80. The van der Waals surface area contributed by atoms with E-state index in [2.05, 4.69) is 4.98 Å². The molecule has 7 heteroatoms. The summed E-state index contributed by atoms with van der Waals surface area (Å²) in [6.07, 6.45) is 7.68. The molecule has 0 bridgehead atoms. The fourth-order valence-corrected chi connectivity index (χ4v) is 4.95. The summed E-state index contributed by atoms with van der Waals surface area (Å²) in [4.78, 5) is 19.2. The third-order valence-corrected chi connectivity index (χ3v) is 7.02. The molecule has 0 atom stereocenters. The fourth-order valence-electron chi connectivity index (χ4n) is 3.03. The second-order valence-electron chi connectivity index (χ2n) is 6.51. The summed E-state index contributed by atoms with van der Waals surface area (Å²) in [7, 11) is -1.57. The SMILES string of the molecule is CN(C(=O)c1cccnc1SC1CCCC1)c1ccc(S(C)(=O)=O)cc1. The van der Waals surface area contributed by atoms with E-state index in [0.29, 0.717) is 16.5 Å². The number of sulfone groups is 1. The normalized spacial score (nSPS) is 15.2. The van der Waals surface area contributed by atoms with Crippen molar-refractivity contribution in [3.8, 4) is 0 Å². The minimum atomic E-state index is -3.25. The molecule has 1 fully saturated rings. The van der Waals surface area contributed by atoms with E-state index in [4.69, 9.17) is 0 Å². The van der Waals surface area contributed by atoms with Gasteiger partial charge in [0.2, 0.25) is 0 Å². The van der Waals surface area contributed by atoms with Gasteiger partial charge in [-0.3, -0.25) is 4.79 Å². The lowest BCUT2D eigenvalue weighted by Crippen LogP contribution is -2.27. The minimum Gasteiger partial charge on any atom is -0.311 e. The van der Waals surface area contributed by atoms with Crippen LogP contribution in [0.4, 0.5) is 5.69 Å². The Bertz CT molecular complexity index is 889. The third-order valence-electron chi connectivity index (χ3n) is 4.54. The Labute approximate surface area is 158 Å². The molecule has 138 valence electrons. The van der Waals surface area contributed by atoms with Crippen LogP contribution in [-0.4, -0.2) is 37.9 Å². The molecule has 0 N–H and O–H groups in total. The number of rotatable bonds is 5. The Kier molecular flexibility index (Phi) is 5.67. The average Bonchev–Trinajstić information content (AvgIpc) is 3.13. The number of nitrogens with zero attached hydrogens (tertiary/aromatic N) is 2. The Hall–Kier alpha value is -1.86. The highest BCUT2D eigenvalue weighted by molar-refractivity contribution is 8.00. The maximum Gasteiger partial charge on any atom is 0.260 e. The van der Waals surface area contributed by atoms with Crippen LogP contribution in [-0.2, 0) is 9.84 Å². The summed E-state index contributed by atoms with van der Waals surface area (Å²) in [6, 6.07) is 9.90. The Morgan fingerprint density at radius 2 is 1.81 bits per heavy atom. The van der Waals surface area contributed by atoms with E-state index in [1.807, 2.05) is 0 Å². The first kappa shape index (κ1) is 18.9. The van der Waals surface area contributed by atoms with Crippen molar-refractivity contribution >= 4 is 33.2 Å². The number of aromatic nitrogens is 1. The van der Waals surface area contributed by atoms with Gasteiger partial charge in [-0.05, 0) is 49.2 Å². The number of benzene rings is 1. The third kappa shape index (κ3) is 4.27. The lowest BCUT2D eigenvalue weighted by atomic mass is 10.2. The van der Waals surface area contributed by atoms with Crippen LogP contribution in [0.1, 0.15) is 36.0 Å². The van der Waals surface area contributed by atoms with Gasteiger partial charge in [0.1, 0.15) is 5.03 Å². The number of carbonyl (C=O) groups is 1. The summed E-state index contributed by atoms with van der Waals surface area (Å²) in [5, 5.41) is 1.29. The van der Waals surface area contributed by atoms with E-state index < -0.39 is 9.84 Å². The first-order chi connectivity index (χ1) is 12.4. The number of hydrogen-bond acceptors (Lipinski definition) is 5. The van der Waals surface area contributed by atoms with Crippen LogP contribution in [0.5, 0.6) is 0 Å². The predicted molar refractivity (Wildman–Crippen MR) is 105 cm³/mol. The van der Waals surface area contributed by atoms with Crippen LogP contribution in [0.25, 0.3) is 0 Å². The summed E-state index contributed by atoms with van der Waals surface area (Å²) < 4.78 is 23.2. The largest absolute Gasteiger partial charge is 0.311 e. The summed E-state index contributed by atoms with van der Waals surface area (Å²) in [6.45, 7) is 0. The average molecular weight is 391 g/mol. The number of hydrogen-bond donors (Lipinski definition) is 0. The van der Waals surface area contributed by atoms with Gasteiger partial charge in [0, 0.05) is 30.4 Å². The van der Waals surface area contributed by atoms with Gasteiger partial charge < -0.3 is 4.90 Å². The lowest BCUT2D eigenvalue weighted by molar-refractivity contribution is 0.0989. The molecule has 1 aliphatic carbocycles. The van der Waals surface area contributed by atoms with Crippen LogP contribution in [0.2, 0.25) is 0 Å². The number of amides is 1. The van der Waals surface area contributed by atoms with Gasteiger partial charge in [-0.15, -0.1) is 11.8 Å². The van der Waals surface area contributed by atoms with E-state index >= 15 is 0 Å². The molecule has 3 rings (SSSR count). The highest BCUT2D eigenvalue weighted by Crippen LogP contribution is 2.35. The highest BCUT2D eigenvalue weighted by atomic mass is 32.2. The van der Waals surface area contributed by atoms with Crippen molar-refractivity contribution < 1.29 is 13.2 Å². The van der Waals surface area contributed by atoms with Crippen molar-refractivity contribution in [2.24, 2.45) is 0 Å². The summed E-state index contributed by atoms with van der Waals surface area (Å²) in [5.41, 5.74) is 1.22. The van der Waals surface area contributed by atoms with Gasteiger partial charge in [0.15, 0.2) is 9.84 Å². The zero-order valence-corrected chi connectivity index (χ0v) is 16.5. The highest BCUT2D eigenvalue weighted by Gasteiger charge is 2.23. The number of carbonyl (C=O) groups excluding carboxylic acids is 1. The maximum atomic E-state index is 13.0. The molecule has 0 aliphatic heterocycles. The van der Waals surface area contributed by atoms with E-state index in [1.54, 1.807) is 49.3 Å². The Morgan fingerprint density at radius 1 is 1.15 bits per heavy atom. The Balaban J connectivity index is 1.82. The molecular formula is C19H22N2O3S2. The molecule has 5 nitrogen and oxygen atoms in total. The standard InChI is InChI=1S/C19H22N2O3S2/c1-21(14-9-11-16(12-10-14)26(2,23)24)19(22)17-8-5-13-20-18(17)25-15-6-3-4-7-15/h5,8-13,15H,3-4,6-7H2,1-2H3. The molecule has 2 aromatic rings. The second-order valence-corrected chi connectivity index (χ2v) is 9.82. The van der Waals surface area contributed by atoms with Gasteiger partial charge in [-0.25, -0.2) is 13.4 Å². The molecule has 1 heterocycles. The van der Waals surface area contributed by atoms with Crippen molar-refractivity contribution in [1.29, 1.82) is 0 Å². The molecule has 26 heavy (non-hydrogen) atoms. The smallest absolute Gasteiger partial charge is 0.260 e. The van der Waals surface area contributed by atoms with Crippen molar-refractivity contribution in [3.63, 3.8) is 0 Å². The fraction of sp³-hybridized carbons (Fsp3) is 0.368. The summed E-state index contributed by atoms with van der Waals surface area (Å²) in [5.74, 6) is -0.147. The minimum absolute atomic E-state index is 0.147. The van der Waals surface area contributed by atoms with Crippen LogP contribution >= 0.6 is 11.8 Å². The number of anilines is 1. The van der Waals surface area contributed by atoms with E-state index in [1.165, 1.54) is 36.1 Å². The molecule has 0 unspecified atom stereocenters. The van der Waals surface area contributed by atoms with Crippen LogP contribution < -0.4 is 4.90 Å². The van der Waals surface area contributed by atoms with Crippen LogP contribution in [0.15, 0.2) is 52.5 Å². The molecule has 0 saturated heterocycles. The van der Waals surface area contributed by atoms with Crippen LogP contribution in [0.3, 0.4) is 0 Å². The van der Waals surface area contributed by atoms with Gasteiger partial charge in [0.25, 0.3) is 5.91 Å². The molecule has 1 aromatic carbocycles. The van der Waals surface area contributed by atoms with Gasteiger partial charge in [0.05, 0.1) is 10.5 Å². The molecule has 1 aromatic heterocycles. The van der Waals surface area contributed by atoms with E-state index in [-0.39, 0.29) is 10.8 Å². The molecule has 0 radical (unpaired) electrons. The van der Waals surface area contributed by atoms with Crippen molar-refractivity contribution in [2.45, 2.75) is 40.9 Å². The molecule has 1 aliphatic rings. The van der Waals surface area contributed by atoms with Gasteiger partial charge in [-0.2, -0.15) is 0 Å². The topological polar surface area (TPSA) is 67.3 Å². The van der Waals surface area contributed by atoms with Gasteiger partial charge >= 0.3 is 0 Å². The monoisotopic (exact) mass is 390 g/mol. The first-order valence-corrected chi connectivity index (χ1v) is 11.3. The van der Waals surface area contributed by atoms with E-state index in [9.17, 15) is 13.2 Å². The Morgan fingerprint density at radius 3 is 2.42 bits per heavy atom. The van der Waals surface area contributed by atoms with Crippen molar-refractivity contribution in [3.05, 3.63) is 48.2 Å².